The number of benzene rings is 2. The zero-order valence-corrected chi connectivity index (χ0v) is 19.1. The molecular weight excluding hydrogens is 453 g/mol. The molecule has 11 heteroatoms. The quantitative estimate of drug-likeness (QED) is 0.543. The first-order valence-electron chi connectivity index (χ1n) is 10.5. The Morgan fingerprint density at radius 3 is 1.97 bits per heavy atom. The molecule has 0 fully saturated rings. The highest BCUT2D eigenvalue weighted by molar-refractivity contribution is 5.98. The molecule has 2 aromatic rings. The molecule has 0 heterocycles. The third-order valence-electron chi connectivity index (χ3n) is 4.64. The molecule has 2 rings (SSSR count). The Kier molecular flexibility index (Phi) is 9.43. The molecule has 0 aliphatic rings. The molecule has 2 aromatic carbocycles. The van der Waals surface area contributed by atoms with Gasteiger partial charge >= 0.3 is 6.36 Å². The second-order valence-corrected chi connectivity index (χ2v) is 7.40. The number of carbonyl (C=O) groups excluding carboxylic acids is 3. The number of alkyl halides is 3. The third kappa shape index (κ3) is 8.74. The molecule has 0 saturated carbocycles. The standard InChI is InChI=1S/C23H27F3N4O4/c1-4-30(5-2)22(33)16-7-6-8-18(13-16)28-21(32)15-29(3)14-20(31)27-17-9-11-19(12-10-17)34-23(24,25)26/h6-13H,4-5,14-15H2,1-3H3,(H,27,31)(H,28,32). The minimum absolute atomic E-state index is 0.0972. The van der Waals surface area contributed by atoms with Crippen LogP contribution in [0.4, 0.5) is 24.5 Å². The molecule has 0 atom stereocenters. The monoisotopic (exact) mass is 480 g/mol. The zero-order chi connectivity index (χ0) is 25.3. The highest BCUT2D eigenvalue weighted by atomic mass is 19.4. The smallest absolute Gasteiger partial charge is 0.406 e. The predicted octanol–water partition coefficient (Wildman–Crippen LogP) is 3.58. The van der Waals surface area contributed by atoms with Gasteiger partial charge in [-0.1, -0.05) is 6.07 Å². The van der Waals surface area contributed by atoms with Crippen molar-refractivity contribution in [1.29, 1.82) is 0 Å². The lowest BCUT2D eigenvalue weighted by molar-refractivity contribution is -0.274. The Bertz CT molecular complexity index is 992. The minimum Gasteiger partial charge on any atom is -0.406 e. The molecule has 8 nitrogen and oxygen atoms in total. The molecule has 34 heavy (non-hydrogen) atoms. The van der Waals surface area contributed by atoms with Crippen molar-refractivity contribution in [3.63, 3.8) is 0 Å². The number of nitrogens with one attached hydrogen (secondary N) is 2. The molecule has 0 aliphatic carbocycles. The van der Waals surface area contributed by atoms with Gasteiger partial charge in [0.25, 0.3) is 5.91 Å². The van der Waals surface area contributed by atoms with Gasteiger partial charge in [-0.3, -0.25) is 19.3 Å². The highest BCUT2D eigenvalue weighted by Crippen LogP contribution is 2.24. The van der Waals surface area contributed by atoms with E-state index in [1.165, 1.54) is 17.0 Å². The van der Waals surface area contributed by atoms with Gasteiger partial charge in [0.15, 0.2) is 0 Å². The summed E-state index contributed by atoms with van der Waals surface area (Å²) in [5.74, 6) is -1.36. The van der Waals surface area contributed by atoms with Crippen LogP contribution in [-0.2, 0) is 9.59 Å². The van der Waals surface area contributed by atoms with Crippen LogP contribution in [0, 0.1) is 0 Å². The largest absolute Gasteiger partial charge is 0.573 e. The SMILES string of the molecule is CCN(CC)C(=O)c1cccc(NC(=O)CN(C)CC(=O)Nc2ccc(OC(F)(F)F)cc2)c1. The van der Waals surface area contributed by atoms with Crippen LogP contribution in [0.25, 0.3) is 0 Å². The molecule has 184 valence electrons. The van der Waals surface area contributed by atoms with Crippen molar-refractivity contribution in [2.75, 3.05) is 43.9 Å². The summed E-state index contributed by atoms with van der Waals surface area (Å²) in [4.78, 5) is 40.2. The summed E-state index contributed by atoms with van der Waals surface area (Å²) in [6.07, 6.45) is -4.80. The van der Waals surface area contributed by atoms with Crippen molar-refractivity contribution >= 4 is 29.1 Å². The first-order chi connectivity index (χ1) is 16.0. The van der Waals surface area contributed by atoms with E-state index in [0.717, 1.165) is 12.1 Å². The van der Waals surface area contributed by atoms with E-state index in [4.69, 9.17) is 0 Å². The van der Waals surface area contributed by atoms with Crippen LogP contribution >= 0.6 is 0 Å². The van der Waals surface area contributed by atoms with Gasteiger partial charge in [0.2, 0.25) is 11.8 Å². The molecule has 0 saturated heterocycles. The molecule has 0 aliphatic heterocycles. The van der Waals surface area contributed by atoms with Crippen LogP contribution in [0.2, 0.25) is 0 Å². The molecule has 3 amide bonds. The van der Waals surface area contributed by atoms with Crippen LogP contribution in [0.5, 0.6) is 5.75 Å². The van der Waals surface area contributed by atoms with E-state index in [-0.39, 0.29) is 30.6 Å². The topological polar surface area (TPSA) is 91.0 Å². The van der Waals surface area contributed by atoms with Gasteiger partial charge < -0.3 is 20.3 Å². The number of anilines is 2. The number of amides is 3. The Hall–Kier alpha value is -3.60. The number of nitrogens with zero attached hydrogens (tertiary/aromatic N) is 2. The summed E-state index contributed by atoms with van der Waals surface area (Å²) < 4.78 is 40.4. The van der Waals surface area contributed by atoms with E-state index in [1.54, 1.807) is 36.2 Å². The first kappa shape index (κ1) is 26.7. The number of halogens is 3. The summed E-state index contributed by atoms with van der Waals surface area (Å²) in [6, 6.07) is 11.3. The molecule has 0 aromatic heterocycles. The predicted molar refractivity (Wildman–Crippen MR) is 122 cm³/mol. The lowest BCUT2D eigenvalue weighted by Gasteiger charge is -2.19. The number of carbonyl (C=O) groups is 3. The fourth-order valence-electron chi connectivity index (χ4n) is 3.11. The van der Waals surface area contributed by atoms with Crippen LogP contribution in [0.1, 0.15) is 24.2 Å². The first-order valence-corrected chi connectivity index (χ1v) is 10.5. The van der Waals surface area contributed by atoms with E-state index in [9.17, 15) is 27.6 Å². The fourth-order valence-corrected chi connectivity index (χ4v) is 3.11. The lowest BCUT2D eigenvalue weighted by atomic mass is 10.1. The Balaban J connectivity index is 1.85. The second-order valence-electron chi connectivity index (χ2n) is 7.40. The second kappa shape index (κ2) is 12.0. The van der Waals surface area contributed by atoms with Crippen molar-refractivity contribution in [2.45, 2.75) is 20.2 Å². The van der Waals surface area contributed by atoms with Crippen molar-refractivity contribution in [3.8, 4) is 5.75 Å². The molecule has 0 spiro atoms. The zero-order valence-electron chi connectivity index (χ0n) is 19.1. The highest BCUT2D eigenvalue weighted by Gasteiger charge is 2.31. The molecule has 0 bridgehead atoms. The maximum atomic E-state index is 12.5. The number of rotatable bonds is 10. The molecule has 0 radical (unpaired) electrons. The normalized spacial score (nSPS) is 11.1. The van der Waals surface area contributed by atoms with Crippen molar-refractivity contribution in [2.24, 2.45) is 0 Å². The molecule has 2 N–H and O–H groups in total. The van der Waals surface area contributed by atoms with Crippen molar-refractivity contribution in [1.82, 2.24) is 9.80 Å². The maximum Gasteiger partial charge on any atom is 0.573 e. The molecule has 0 unspecified atom stereocenters. The van der Waals surface area contributed by atoms with Gasteiger partial charge in [-0.05, 0) is 63.4 Å². The van der Waals surface area contributed by atoms with Gasteiger partial charge in [0, 0.05) is 30.0 Å². The summed E-state index contributed by atoms with van der Waals surface area (Å²) in [5.41, 5.74) is 1.20. The van der Waals surface area contributed by atoms with Crippen molar-refractivity contribution in [3.05, 3.63) is 54.1 Å². The van der Waals surface area contributed by atoms with Crippen LogP contribution in [0.15, 0.2) is 48.5 Å². The number of hydrogen-bond acceptors (Lipinski definition) is 5. The van der Waals surface area contributed by atoms with Gasteiger partial charge in [0.05, 0.1) is 13.1 Å². The van der Waals surface area contributed by atoms with Crippen LogP contribution in [-0.4, -0.2) is 67.1 Å². The number of ether oxygens (including phenoxy) is 1. The summed E-state index contributed by atoms with van der Waals surface area (Å²) >= 11 is 0. The Morgan fingerprint density at radius 2 is 1.44 bits per heavy atom. The average Bonchev–Trinajstić information content (AvgIpc) is 2.74. The number of likely N-dealkylation sites (N-methyl/N-ethyl adjacent to an activating group) is 1. The van der Waals surface area contributed by atoms with E-state index >= 15 is 0 Å². The summed E-state index contributed by atoms with van der Waals surface area (Å²) in [6.45, 7) is 4.69. The van der Waals surface area contributed by atoms with Gasteiger partial charge in [-0.25, -0.2) is 0 Å². The Labute approximate surface area is 195 Å². The van der Waals surface area contributed by atoms with Crippen LogP contribution < -0.4 is 15.4 Å². The third-order valence-corrected chi connectivity index (χ3v) is 4.64. The van der Waals surface area contributed by atoms with E-state index in [2.05, 4.69) is 15.4 Å². The molecular formula is C23H27F3N4O4. The maximum absolute atomic E-state index is 12.5. The van der Waals surface area contributed by atoms with E-state index < -0.39 is 18.0 Å². The average molecular weight is 480 g/mol. The van der Waals surface area contributed by atoms with Crippen molar-refractivity contribution < 1.29 is 32.3 Å². The van der Waals surface area contributed by atoms with E-state index in [1.807, 2.05) is 13.8 Å². The van der Waals surface area contributed by atoms with Crippen LogP contribution in [0.3, 0.4) is 0 Å². The fraction of sp³-hybridized carbons (Fsp3) is 0.348. The van der Waals surface area contributed by atoms with E-state index in [0.29, 0.717) is 24.3 Å². The lowest BCUT2D eigenvalue weighted by Crippen LogP contribution is -2.36. The van der Waals surface area contributed by atoms with Gasteiger partial charge in [-0.2, -0.15) is 0 Å². The Morgan fingerprint density at radius 1 is 0.882 bits per heavy atom. The summed E-state index contributed by atoms with van der Waals surface area (Å²) in [5, 5.41) is 5.24. The van der Waals surface area contributed by atoms with Gasteiger partial charge in [-0.15, -0.1) is 13.2 Å². The minimum atomic E-state index is -4.80. The van der Waals surface area contributed by atoms with Gasteiger partial charge in [0.1, 0.15) is 5.75 Å². The summed E-state index contributed by atoms with van der Waals surface area (Å²) in [7, 11) is 1.57. The number of hydrogen-bond donors (Lipinski definition) is 2.